The number of hydrogen-bond acceptors (Lipinski definition) is 4. The van der Waals surface area contributed by atoms with E-state index in [1.165, 1.54) is 12.1 Å². The van der Waals surface area contributed by atoms with Crippen LogP contribution in [0.15, 0.2) is 24.3 Å². The summed E-state index contributed by atoms with van der Waals surface area (Å²) in [5, 5.41) is 0.859. The van der Waals surface area contributed by atoms with Crippen LogP contribution < -0.4 is 10.6 Å². The van der Waals surface area contributed by atoms with Gasteiger partial charge in [0.05, 0.1) is 5.69 Å². The molecule has 2 rings (SSSR count). The lowest BCUT2D eigenvalue weighted by molar-refractivity contribution is 0.627. The molecule has 0 spiro atoms. The highest BCUT2D eigenvalue weighted by Gasteiger charge is 2.16. The summed E-state index contributed by atoms with van der Waals surface area (Å²) >= 11 is 1.57. The van der Waals surface area contributed by atoms with E-state index >= 15 is 0 Å². The minimum atomic E-state index is -0.239. The number of hydrogen-bond donors (Lipinski definition) is 1. The third kappa shape index (κ3) is 2.93. The van der Waals surface area contributed by atoms with Crippen molar-refractivity contribution in [3.05, 3.63) is 40.7 Å². The average Bonchev–Trinajstić information content (AvgIpc) is 2.72. The monoisotopic (exact) mass is 279 g/mol. The van der Waals surface area contributed by atoms with Gasteiger partial charge in [0, 0.05) is 23.2 Å². The summed E-state index contributed by atoms with van der Waals surface area (Å²) < 4.78 is 13.3. The van der Waals surface area contributed by atoms with Crippen LogP contribution in [0.5, 0.6) is 0 Å². The molecule has 0 radical (unpaired) electrons. The molecule has 5 heteroatoms. The molecule has 0 amide bonds. The van der Waals surface area contributed by atoms with Crippen molar-refractivity contribution in [1.29, 1.82) is 0 Å². The molecule has 2 N–H and O–H groups in total. The second-order valence-electron chi connectivity index (χ2n) is 4.46. The van der Waals surface area contributed by atoms with Gasteiger partial charge < -0.3 is 10.6 Å². The molecule has 102 valence electrons. The first kappa shape index (κ1) is 14.0. The normalized spacial score (nSPS) is 12.5. The van der Waals surface area contributed by atoms with Crippen molar-refractivity contribution in [3.8, 4) is 0 Å². The predicted octanol–water partition coefficient (Wildman–Crippen LogP) is 3.77. The molecule has 19 heavy (non-hydrogen) atoms. The molecule has 3 nitrogen and oxygen atoms in total. The Morgan fingerprint density at radius 3 is 2.74 bits per heavy atom. The van der Waals surface area contributed by atoms with E-state index < -0.39 is 0 Å². The first-order valence-electron chi connectivity index (χ1n) is 6.29. The Hall–Kier alpha value is -1.46. The lowest BCUT2D eigenvalue weighted by atomic mass is 10.2. The molecule has 0 aliphatic heterocycles. The summed E-state index contributed by atoms with van der Waals surface area (Å²) in [5.41, 5.74) is 7.69. The number of thiazole rings is 1. The van der Waals surface area contributed by atoms with Gasteiger partial charge in [0.2, 0.25) is 0 Å². The van der Waals surface area contributed by atoms with Gasteiger partial charge >= 0.3 is 0 Å². The smallest absolute Gasteiger partial charge is 0.190 e. The van der Waals surface area contributed by atoms with Crippen LogP contribution in [-0.2, 0) is 0 Å². The summed E-state index contributed by atoms with van der Waals surface area (Å²) in [6, 6.07) is 6.52. The van der Waals surface area contributed by atoms with E-state index in [-0.39, 0.29) is 11.9 Å². The third-order valence-electron chi connectivity index (χ3n) is 2.90. The quantitative estimate of drug-likeness (QED) is 0.926. The van der Waals surface area contributed by atoms with Gasteiger partial charge in [-0.05, 0) is 39.0 Å². The highest BCUT2D eigenvalue weighted by Crippen LogP contribution is 2.33. The van der Waals surface area contributed by atoms with Crippen molar-refractivity contribution in [2.75, 3.05) is 11.4 Å². The summed E-state index contributed by atoms with van der Waals surface area (Å²) in [7, 11) is 0. The minimum absolute atomic E-state index is 0.0301. The first-order chi connectivity index (χ1) is 9.02. The Labute approximate surface area is 116 Å². The maximum Gasteiger partial charge on any atom is 0.190 e. The second kappa shape index (κ2) is 5.67. The lowest BCUT2D eigenvalue weighted by Crippen LogP contribution is -2.15. The van der Waals surface area contributed by atoms with Crippen LogP contribution in [-0.4, -0.2) is 11.5 Å². The summed E-state index contributed by atoms with van der Waals surface area (Å²) in [5.74, 6) is -0.239. The highest BCUT2D eigenvalue weighted by molar-refractivity contribution is 7.15. The van der Waals surface area contributed by atoms with Crippen LogP contribution in [0.4, 0.5) is 15.2 Å². The molecule has 0 saturated carbocycles. The van der Waals surface area contributed by atoms with E-state index in [9.17, 15) is 4.39 Å². The molecule has 0 fully saturated rings. The predicted molar refractivity (Wildman–Crippen MR) is 78.5 cm³/mol. The topological polar surface area (TPSA) is 42.2 Å². The van der Waals surface area contributed by atoms with E-state index in [0.717, 1.165) is 27.9 Å². The van der Waals surface area contributed by atoms with E-state index in [4.69, 9.17) is 5.73 Å². The van der Waals surface area contributed by atoms with Crippen LogP contribution in [0.3, 0.4) is 0 Å². The van der Waals surface area contributed by atoms with Crippen LogP contribution in [0.2, 0.25) is 0 Å². The van der Waals surface area contributed by atoms with Crippen LogP contribution >= 0.6 is 11.3 Å². The second-order valence-corrected chi connectivity index (χ2v) is 5.47. The van der Waals surface area contributed by atoms with Gasteiger partial charge in [-0.3, -0.25) is 0 Å². The lowest BCUT2D eigenvalue weighted by Gasteiger charge is -2.19. The number of halogens is 1. The fourth-order valence-corrected chi connectivity index (χ4v) is 3.11. The zero-order chi connectivity index (χ0) is 14.0. The Balaban J connectivity index is 2.40. The van der Waals surface area contributed by atoms with Crippen molar-refractivity contribution in [2.24, 2.45) is 5.73 Å². The van der Waals surface area contributed by atoms with Crippen LogP contribution in [0.25, 0.3) is 0 Å². The van der Waals surface area contributed by atoms with Gasteiger partial charge in [-0.2, -0.15) is 0 Å². The van der Waals surface area contributed by atoms with E-state index in [0.29, 0.717) is 0 Å². The molecule has 1 aromatic heterocycles. The molecule has 0 aliphatic rings. The molecule has 2 aromatic rings. The fraction of sp³-hybridized carbons (Fsp3) is 0.357. The SMILES string of the molecule is CCN(c1cccc(F)c1)c1nc(C)c(C(C)N)s1. The maximum absolute atomic E-state index is 13.3. The van der Waals surface area contributed by atoms with E-state index in [1.54, 1.807) is 17.4 Å². The highest BCUT2D eigenvalue weighted by atomic mass is 32.1. The van der Waals surface area contributed by atoms with Crippen molar-refractivity contribution >= 4 is 22.2 Å². The molecule has 0 saturated heterocycles. The molecule has 1 heterocycles. The average molecular weight is 279 g/mol. The number of nitrogens with zero attached hydrogens (tertiary/aromatic N) is 2. The van der Waals surface area contributed by atoms with Gasteiger partial charge in [0.15, 0.2) is 5.13 Å². The largest absolute Gasteiger partial charge is 0.323 e. The van der Waals surface area contributed by atoms with E-state index in [1.807, 2.05) is 31.7 Å². The Bertz CT molecular complexity index is 566. The van der Waals surface area contributed by atoms with Crippen molar-refractivity contribution in [2.45, 2.75) is 26.8 Å². The molecule has 0 aliphatic carbocycles. The Morgan fingerprint density at radius 2 is 2.21 bits per heavy atom. The maximum atomic E-state index is 13.3. The number of rotatable bonds is 4. The van der Waals surface area contributed by atoms with Crippen molar-refractivity contribution in [1.82, 2.24) is 4.98 Å². The molecule has 0 bridgehead atoms. The number of benzene rings is 1. The molecule has 1 unspecified atom stereocenters. The van der Waals surface area contributed by atoms with Gasteiger partial charge in [-0.1, -0.05) is 17.4 Å². The number of nitrogens with two attached hydrogens (primary N) is 1. The number of aromatic nitrogens is 1. The Morgan fingerprint density at radius 1 is 1.47 bits per heavy atom. The van der Waals surface area contributed by atoms with Gasteiger partial charge in [-0.25, -0.2) is 9.37 Å². The van der Waals surface area contributed by atoms with Crippen molar-refractivity contribution < 1.29 is 4.39 Å². The van der Waals surface area contributed by atoms with Gasteiger partial charge in [0.1, 0.15) is 5.82 Å². The van der Waals surface area contributed by atoms with E-state index in [2.05, 4.69) is 4.98 Å². The van der Waals surface area contributed by atoms with Crippen LogP contribution in [0.1, 0.15) is 30.5 Å². The van der Waals surface area contributed by atoms with Crippen molar-refractivity contribution in [3.63, 3.8) is 0 Å². The Kier molecular flexibility index (Phi) is 4.17. The van der Waals surface area contributed by atoms with Crippen LogP contribution in [0, 0.1) is 12.7 Å². The van der Waals surface area contributed by atoms with Gasteiger partial charge in [-0.15, -0.1) is 0 Å². The fourth-order valence-electron chi connectivity index (χ4n) is 2.00. The zero-order valence-corrected chi connectivity index (χ0v) is 12.2. The zero-order valence-electron chi connectivity index (χ0n) is 11.4. The molecule has 1 atom stereocenters. The van der Waals surface area contributed by atoms with Gasteiger partial charge in [0.25, 0.3) is 0 Å². The molecule has 1 aromatic carbocycles. The molecular weight excluding hydrogens is 261 g/mol. The number of aryl methyl sites for hydroxylation is 1. The minimum Gasteiger partial charge on any atom is -0.323 e. The molecular formula is C14H18FN3S. The summed E-state index contributed by atoms with van der Waals surface area (Å²) in [6.45, 7) is 6.66. The third-order valence-corrected chi connectivity index (χ3v) is 4.28. The first-order valence-corrected chi connectivity index (χ1v) is 7.10. The number of anilines is 2. The summed E-state index contributed by atoms with van der Waals surface area (Å²) in [4.78, 5) is 7.62. The standard InChI is InChI=1S/C14H18FN3S/c1-4-18(12-7-5-6-11(15)8-12)14-17-10(3)13(19-14)9(2)16/h5-9H,4,16H2,1-3H3. The summed E-state index contributed by atoms with van der Waals surface area (Å²) in [6.07, 6.45) is 0.